The maximum absolute atomic E-state index is 13.1. The van der Waals surface area contributed by atoms with E-state index in [4.69, 9.17) is 4.98 Å². The summed E-state index contributed by atoms with van der Waals surface area (Å²) in [4.78, 5) is 17.9. The number of pyridine rings is 1. The fourth-order valence-corrected chi connectivity index (χ4v) is 3.58. The van der Waals surface area contributed by atoms with Gasteiger partial charge in [0.15, 0.2) is 0 Å². The highest BCUT2D eigenvalue weighted by atomic mass is 16.3. The maximum atomic E-state index is 13.1. The van der Waals surface area contributed by atoms with Crippen LogP contribution < -0.4 is 5.43 Å². The highest BCUT2D eigenvalue weighted by Gasteiger charge is 2.15. The third kappa shape index (κ3) is 4.16. The van der Waals surface area contributed by atoms with Crippen molar-refractivity contribution in [2.24, 2.45) is 5.10 Å². The Morgan fingerprint density at radius 2 is 1.72 bits per heavy atom. The number of carbonyl (C=O) groups excluding carboxylic acids is 1. The molecule has 3 N–H and O–H groups in total. The second-order valence-electron chi connectivity index (χ2n) is 7.73. The lowest BCUT2D eigenvalue weighted by atomic mass is 9.99. The SMILES string of the molecule is C/C(=N/NC(=O)c1cc(-c2cc(C)ccc2C)nc2ccccc12)c1cc(O)ccc1O. The Hall–Kier alpha value is -4.19. The van der Waals surface area contributed by atoms with E-state index in [1.165, 1.54) is 18.2 Å². The van der Waals surface area contributed by atoms with Gasteiger partial charge in [-0.3, -0.25) is 4.79 Å². The number of rotatable bonds is 4. The van der Waals surface area contributed by atoms with Gasteiger partial charge in [0.1, 0.15) is 11.5 Å². The Kier molecular flexibility index (Phi) is 5.60. The number of benzene rings is 3. The fourth-order valence-electron chi connectivity index (χ4n) is 3.58. The van der Waals surface area contributed by atoms with Crippen LogP contribution in [-0.4, -0.2) is 26.8 Å². The van der Waals surface area contributed by atoms with Crippen molar-refractivity contribution in [3.63, 3.8) is 0 Å². The van der Waals surface area contributed by atoms with Crippen LogP contribution in [0, 0.1) is 13.8 Å². The summed E-state index contributed by atoms with van der Waals surface area (Å²) in [6, 6.07) is 19.5. The van der Waals surface area contributed by atoms with Crippen molar-refractivity contribution >= 4 is 22.5 Å². The molecule has 1 aromatic heterocycles. The second-order valence-corrected chi connectivity index (χ2v) is 7.73. The van der Waals surface area contributed by atoms with Crippen LogP contribution in [0.4, 0.5) is 0 Å². The topological polar surface area (TPSA) is 94.8 Å². The molecule has 4 aromatic rings. The highest BCUT2D eigenvalue weighted by Crippen LogP contribution is 2.28. The van der Waals surface area contributed by atoms with Crippen LogP contribution in [0.3, 0.4) is 0 Å². The summed E-state index contributed by atoms with van der Waals surface area (Å²) in [5, 5.41) is 24.6. The molecule has 0 radical (unpaired) electrons. The van der Waals surface area contributed by atoms with Gasteiger partial charge < -0.3 is 10.2 Å². The number of fused-ring (bicyclic) bond motifs is 1. The molecule has 0 unspecified atom stereocenters. The average molecular weight is 425 g/mol. The minimum Gasteiger partial charge on any atom is -0.508 e. The molecule has 4 rings (SSSR count). The number of para-hydroxylation sites is 1. The number of aromatic hydroxyl groups is 2. The zero-order valence-corrected chi connectivity index (χ0v) is 18.0. The Morgan fingerprint density at radius 3 is 2.53 bits per heavy atom. The number of hydrogen-bond donors (Lipinski definition) is 3. The smallest absolute Gasteiger partial charge is 0.272 e. The molecule has 0 spiro atoms. The lowest BCUT2D eigenvalue weighted by molar-refractivity contribution is 0.0956. The van der Waals surface area contributed by atoms with Crippen LogP contribution in [0.15, 0.2) is 71.8 Å². The minimum atomic E-state index is -0.394. The summed E-state index contributed by atoms with van der Waals surface area (Å²) in [5.41, 5.74) is 8.28. The molecule has 160 valence electrons. The predicted molar refractivity (Wildman–Crippen MR) is 126 cm³/mol. The molecule has 0 saturated heterocycles. The molecule has 0 aliphatic rings. The number of nitrogens with one attached hydrogen (secondary N) is 1. The molecular formula is C26H23N3O3. The minimum absolute atomic E-state index is 0.00281. The van der Waals surface area contributed by atoms with Gasteiger partial charge in [0.05, 0.1) is 22.5 Å². The van der Waals surface area contributed by atoms with Gasteiger partial charge in [0.25, 0.3) is 5.91 Å². The molecule has 0 aliphatic heterocycles. The average Bonchev–Trinajstić information content (AvgIpc) is 2.79. The van der Waals surface area contributed by atoms with Crippen molar-refractivity contribution in [1.82, 2.24) is 10.4 Å². The lowest BCUT2D eigenvalue weighted by Crippen LogP contribution is -2.20. The molecule has 0 atom stereocenters. The molecule has 0 bridgehead atoms. The second kappa shape index (κ2) is 8.51. The third-order valence-corrected chi connectivity index (χ3v) is 5.32. The standard InChI is InChI=1S/C26H23N3O3/c1-15-8-9-16(2)20(12-15)24-14-22(19-6-4-5-7-23(19)27-24)26(32)29-28-17(3)21-13-18(30)10-11-25(21)31/h4-14,30-31H,1-3H3,(H,29,32)/b28-17-. The first-order valence-electron chi connectivity index (χ1n) is 10.2. The number of phenols is 2. The Bertz CT molecular complexity index is 1380. The van der Waals surface area contributed by atoms with E-state index in [9.17, 15) is 15.0 Å². The number of aromatic nitrogens is 1. The lowest BCUT2D eigenvalue weighted by Gasteiger charge is -2.12. The predicted octanol–water partition coefficient (Wildman–Crippen LogP) is 5.08. The quantitative estimate of drug-likeness (QED) is 0.241. The first-order valence-corrected chi connectivity index (χ1v) is 10.2. The molecule has 0 fully saturated rings. The summed E-state index contributed by atoms with van der Waals surface area (Å²) in [7, 11) is 0. The molecule has 1 heterocycles. The first kappa shape index (κ1) is 21.1. The van der Waals surface area contributed by atoms with Crippen molar-refractivity contribution in [2.45, 2.75) is 20.8 Å². The van der Waals surface area contributed by atoms with Crippen LogP contribution in [0.25, 0.3) is 22.2 Å². The number of amides is 1. The van der Waals surface area contributed by atoms with Gasteiger partial charge in [0, 0.05) is 16.5 Å². The maximum Gasteiger partial charge on any atom is 0.272 e. The van der Waals surface area contributed by atoms with Crippen LogP contribution in [0.2, 0.25) is 0 Å². The molecule has 32 heavy (non-hydrogen) atoms. The Morgan fingerprint density at radius 1 is 0.938 bits per heavy atom. The molecule has 3 aromatic carbocycles. The number of hydrazone groups is 1. The highest BCUT2D eigenvalue weighted by molar-refractivity contribution is 6.08. The fraction of sp³-hybridized carbons (Fsp3) is 0.115. The van der Waals surface area contributed by atoms with Crippen molar-refractivity contribution < 1.29 is 15.0 Å². The van der Waals surface area contributed by atoms with Crippen LogP contribution in [0.5, 0.6) is 11.5 Å². The van der Waals surface area contributed by atoms with E-state index >= 15 is 0 Å². The first-order chi connectivity index (χ1) is 15.3. The summed E-state index contributed by atoms with van der Waals surface area (Å²) in [6.07, 6.45) is 0. The van der Waals surface area contributed by atoms with E-state index in [2.05, 4.69) is 16.6 Å². The zero-order chi connectivity index (χ0) is 22.8. The van der Waals surface area contributed by atoms with Gasteiger partial charge >= 0.3 is 0 Å². The van der Waals surface area contributed by atoms with Gasteiger partial charge in [-0.15, -0.1) is 0 Å². The van der Waals surface area contributed by atoms with E-state index in [0.717, 1.165) is 16.7 Å². The van der Waals surface area contributed by atoms with Crippen LogP contribution in [-0.2, 0) is 0 Å². The molecule has 1 amide bonds. The van der Waals surface area contributed by atoms with Gasteiger partial charge in [-0.05, 0) is 62.7 Å². The van der Waals surface area contributed by atoms with E-state index in [1.807, 2.05) is 50.2 Å². The molecule has 6 nitrogen and oxygen atoms in total. The number of hydrogen-bond acceptors (Lipinski definition) is 5. The van der Waals surface area contributed by atoms with Crippen molar-refractivity contribution in [3.8, 4) is 22.8 Å². The van der Waals surface area contributed by atoms with Gasteiger partial charge in [-0.25, -0.2) is 10.4 Å². The molecule has 0 saturated carbocycles. The van der Waals surface area contributed by atoms with Crippen molar-refractivity contribution in [3.05, 3.63) is 89.0 Å². The molecular weight excluding hydrogens is 402 g/mol. The van der Waals surface area contributed by atoms with Gasteiger partial charge in [-0.2, -0.15) is 5.10 Å². The molecule has 6 heteroatoms. The Labute approximate surface area is 185 Å². The normalized spacial score (nSPS) is 11.5. The number of phenolic OH excluding ortho intramolecular Hbond substituents is 2. The third-order valence-electron chi connectivity index (χ3n) is 5.32. The van der Waals surface area contributed by atoms with Gasteiger partial charge in [-0.1, -0.05) is 35.9 Å². The summed E-state index contributed by atoms with van der Waals surface area (Å²) < 4.78 is 0. The largest absolute Gasteiger partial charge is 0.508 e. The van der Waals surface area contributed by atoms with E-state index in [-0.39, 0.29) is 11.5 Å². The summed E-state index contributed by atoms with van der Waals surface area (Å²) in [6.45, 7) is 5.67. The molecule has 0 aliphatic carbocycles. The van der Waals surface area contributed by atoms with Crippen LogP contribution >= 0.6 is 0 Å². The monoisotopic (exact) mass is 425 g/mol. The zero-order valence-electron chi connectivity index (χ0n) is 18.0. The number of aryl methyl sites for hydroxylation is 2. The number of nitrogens with zero attached hydrogens (tertiary/aromatic N) is 2. The van der Waals surface area contributed by atoms with Crippen LogP contribution in [0.1, 0.15) is 34.0 Å². The van der Waals surface area contributed by atoms with E-state index in [0.29, 0.717) is 33.4 Å². The Balaban J connectivity index is 1.75. The van der Waals surface area contributed by atoms with Crippen molar-refractivity contribution in [1.29, 1.82) is 0 Å². The van der Waals surface area contributed by atoms with Crippen molar-refractivity contribution in [2.75, 3.05) is 0 Å². The van der Waals surface area contributed by atoms with E-state index < -0.39 is 5.91 Å². The number of carbonyl (C=O) groups is 1. The van der Waals surface area contributed by atoms with E-state index in [1.54, 1.807) is 13.0 Å². The summed E-state index contributed by atoms with van der Waals surface area (Å²) >= 11 is 0. The van der Waals surface area contributed by atoms with Gasteiger partial charge in [0.2, 0.25) is 0 Å². The summed E-state index contributed by atoms with van der Waals surface area (Å²) in [5.74, 6) is -0.434.